The number of hydrogen-bond acceptors (Lipinski definition) is 9. The molecule has 3 aromatic rings. The molecule has 12 heteroatoms. The number of phenolic OH excluding ortho intramolecular Hbond substituents is 2. The van der Waals surface area contributed by atoms with Gasteiger partial charge < -0.3 is 40.9 Å². The number of aromatic nitrogens is 2. The average Bonchev–Trinajstić information content (AvgIpc) is 3.48. The van der Waals surface area contributed by atoms with Crippen molar-refractivity contribution in [2.45, 2.75) is 43.5 Å². The Kier molecular flexibility index (Phi) is 7.36. The normalized spacial score (nSPS) is 19.1. The topological polar surface area (TPSA) is 195 Å². The van der Waals surface area contributed by atoms with Crippen molar-refractivity contribution in [2.24, 2.45) is 5.73 Å². The van der Waals surface area contributed by atoms with E-state index >= 15 is 0 Å². The number of nitrogens with two attached hydrogens (primary N) is 1. The van der Waals surface area contributed by atoms with Gasteiger partial charge in [0.1, 0.15) is 23.6 Å². The van der Waals surface area contributed by atoms with Crippen LogP contribution in [0.2, 0.25) is 0 Å². The van der Waals surface area contributed by atoms with Crippen molar-refractivity contribution in [1.29, 1.82) is 0 Å². The molecule has 4 atom stereocenters. The van der Waals surface area contributed by atoms with Gasteiger partial charge in [0.05, 0.1) is 12.1 Å². The first kappa shape index (κ1) is 24.9. The zero-order valence-electron chi connectivity index (χ0n) is 19.2. The number of benzene rings is 2. The number of phenols is 2. The Morgan fingerprint density at radius 3 is 2.22 bits per heavy atom. The summed E-state index contributed by atoms with van der Waals surface area (Å²) in [5, 5.41) is 45.4. The molecule has 2 amide bonds. The minimum absolute atomic E-state index is 0.000761. The maximum absolute atomic E-state index is 13.0. The maximum atomic E-state index is 13.0. The van der Waals surface area contributed by atoms with Gasteiger partial charge >= 0.3 is 12.0 Å². The van der Waals surface area contributed by atoms with Crippen LogP contribution in [0.25, 0.3) is 0 Å². The van der Waals surface area contributed by atoms with Crippen molar-refractivity contribution in [3.05, 3.63) is 71.4 Å². The summed E-state index contributed by atoms with van der Waals surface area (Å²) in [6.07, 6.45) is -0.379. The van der Waals surface area contributed by atoms with Gasteiger partial charge in [-0.25, -0.2) is 9.59 Å². The summed E-state index contributed by atoms with van der Waals surface area (Å²) >= 11 is 0. The molecule has 0 bridgehead atoms. The molecule has 0 saturated carbocycles. The van der Waals surface area contributed by atoms with Crippen LogP contribution in [0.5, 0.6) is 11.5 Å². The van der Waals surface area contributed by atoms with E-state index in [1.807, 2.05) is 0 Å². The Bertz CT molecular complexity index is 1200. The number of carboxylic acids is 1. The second kappa shape index (κ2) is 10.6. The van der Waals surface area contributed by atoms with Gasteiger partial charge in [0.15, 0.2) is 5.82 Å². The largest absolute Gasteiger partial charge is 0.508 e. The van der Waals surface area contributed by atoms with Crippen molar-refractivity contribution in [3.63, 3.8) is 0 Å². The second-order valence-corrected chi connectivity index (χ2v) is 8.67. The zero-order valence-corrected chi connectivity index (χ0v) is 19.2. The number of hydrogen-bond donors (Lipinski definition) is 6. The van der Waals surface area contributed by atoms with E-state index < -0.39 is 36.2 Å². The minimum atomic E-state index is -1.24. The third-order valence-corrected chi connectivity index (χ3v) is 6.03. The van der Waals surface area contributed by atoms with Crippen molar-refractivity contribution in [2.75, 3.05) is 6.54 Å². The number of carbonyl (C=O) groups excluding carboxylic acids is 1. The lowest BCUT2D eigenvalue weighted by atomic mass is 10.1. The zero-order chi connectivity index (χ0) is 25.8. The Morgan fingerprint density at radius 2 is 1.64 bits per heavy atom. The smallest absolute Gasteiger partial charge is 0.326 e. The van der Waals surface area contributed by atoms with Crippen LogP contribution in [0.4, 0.5) is 4.79 Å². The van der Waals surface area contributed by atoms with Crippen LogP contribution in [0.1, 0.15) is 41.3 Å². The molecule has 0 aliphatic carbocycles. The highest BCUT2D eigenvalue weighted by Gasteiger charge is 2.42. The molecule has 2 aromatic carbocycles. The van der Waals surface area contributed by atoms with Gasteiger partial charge in [0.2, 0.25) is 0 Å². The molecular weight excluding hydrogens is 470 g/mol. The molecule has 12 nitrogen and oxygen atoms in total. The van der Waals surface area contributed by atoms with E-state index in [4.69, 9.17) is 10.3 Å². The minimum Gasteiger partial charge on any atom is -0.508 e. The molecule has 1 aliphatic heterocycles. The van der Waals surface area contributed by atoms with Gasteiger partial charge in [-0.2, -0.15) is 4.98 Å². The number of nitrogens with one attached hydrogen (secondary N) is 1. The molecule has 0 spiro atoms. The standard InChI is InChI=1S/C24H27N5O7/c25-17(11-13-1-5-15(30)6-2-13)21-27-22(36-28-21)20-19(32)9-10-29(20)24(35)26-18(23(33)34)12-14-3-7-16(31)8-4-14/h1-8,17-20,30-32H,9-12,25H2,(H,26,35)(H,33,34)/t17-,18-,19?,20-/m0/s1. The number of aromatic hydroxyl groups is 2. The van der Waals surface area contributed by atoms with Gasteiger partial charge in [-0.15, -0.1) is 0 Å². The van der Waals surface area contributed by atoms with Crippen LogP contribution in [0.15, 0.2) is 53.1 Å². The Hall–Kier alpha value is -4.16. The number of rotatable bonds is 8. The molecule has 1 aromatic heterocycles. The van der Waals surface area contributed by atoms with Gasteiger partial charge in [0, 0.05) is 13.0 Å². The van der Waals surface area contributed by atoms with E-state index in [0.717, 1.165) is 5.56 Å². The fraction of sp³-hybridized carbons (Fsp3) is 0.333. The van der Waals surface area contributed by atoms with Crippen LogP contribution >= 0.6 is 0 Å². The number of nitrogens with zero attached hydrogens (tertiary/aromatic N) is 3. The lowest BCUT2D eigenvalue weighted by Crippen LogP contribution is -2.49. The molecule has 36 heavy (non-hydrogen) atoms. The molecule has 2 heterocycles. The fourth-order valence-electron chi connectivity index (χ4n) is 4.10. The summed E-state index contributed by atoms with van der Waals surface area (Å²) in [7, 11) is 0. The average molecular weight is 498 g/mol. The predicted molar refractivity (Wildman–Crippen MR) is 125 cm³/mol. The maximum Gasteiger partial charge on any atom is 0.326 e. The third kappa shape index (κ3) is 5.73. The number of urea groups is 1. The number of aliphatic hydroxyl groups excluding tert-OH is 1. The van der Waals surface area contributed by atoms with Gasteiger partial charge in [-0.05, 0) is 48.2 Å². The first-order chi connectivity index (χ1) is 17.2. The van der Waals surface area contributed by atoms with Crippen molar-refractivity contribution in [1.82, 2.24) is 20.4 Å². The lowest BCUT2D eigenvalue weighted by Gasteiger charge is -2.25. The van der Waals surface area contributed by atoms with Crippen LogP contribution < -0.4 is 11.1 Å². The molecule has 7 N–H and O–H groups in total. The summed E-state index contributed by atoms with van der Waals surface area (Å²) in [6, 6.07) is 9.01. The molecule has 1 fully saturated rings. The SMILES string of the molecule is N[C@@H](Cc1ccc(O)cc1)c1noc([C@@H]2C(O)CCN2C(=O)N[C@@H](Cc2ccc(O)cc2)C(=O)O)n1. The molecule has 0 radical (unpaired) electrons. The van der Waals surface area contributed by atoms with Gasteiger partial charge in [-0.1, -0.05) is 29.4 Å². The number of carbonyl (C=O) groups is 2. The highest BCUT2D eigenvalue weighted by atomic mass is 16.5. The third-order valence-electron chi connectivity index (χ3n) is 6.03. The Balaban J connectivity index is 1.45. The monoisotopic (exact) mass is 497 g/mol. The number of carboxylic acid groups (broad SMARTS) is 1. The van der Waals surface area contributed by atoms with Crippen LogP contribution in [0.3, 0.4) is 0 Å². The highest BCUT2D eigenvalue weighted by molar-refractivity contribution is 5.83. The predicted octanol–water partition coefficient (Wildman–Crippen LogP) is 1.24. The van der Waals surface area contributed by atoms with Crippen molar-refractivity contribution in [3.8, 4) is 11.5 Å². The first-order valence-electron chi connectivity index (χ1n) is 11.3. The van der Waals surface area contributed by atoms with E-state index in [1.165, 1.54) is 17.0 Å². The van der Waals surface area contributed by atoms with E-state index in [-0.39, 0.29) is 42.6 Å². The number of likely N-dealkylation sites (tertiary alicyclic amines) is 1. The number of aliphatic carboxylic acids is 1. The Morgan fingerprint density at radius 1 is 1.06 bits per heavy atom. The van der Waals surface area contributed by atoms with E-state index in [9.17, 15) is 30.0 Å². The summed E-state index contributed by atoms with van der Waals surface area (Å²) in [6.45, 7) is 0.153. The van der Waals surface area contributed by atoms with Crippen LogP contribution in [-0.4, -0.2) is 66.2 Å². The molecule has 1 saturated heterocycles. The van der Waals surface area contributed by atoms with E-state index in [1.54, 1.807) is 36.4 Å². The summed E-state index contributed by atoms with van der Waals surface area (Å²) in [5.41, 5.74) is 7.67. The van der Waals surface area contributed by atoms with Crippen LogP contribution in [-0.2, 0) is 17.6 Å². The molecule has 1 aliphatic rings. The molecule has 1 unspecified atom stereocenters. The van der Waals surface area contributed by atoms with Crippen LogP contribution in [0, 0.1) is 0 Å². The van der Waals surface area contributed by atoms with Gasteiger partial charge in [-0.3, -0.25) is 0 Å². The summed E-state index contributed by atoms with van der Waals surface area (Å²) in [5.74, 6) is -0.862. The van der Waals surface area contributed by atoms with E-state index in [0.29, 0.717) is 12.0 Å². The number of aliphatic hydroxyl groups is 1. The Labute approximate surface area is 206 Å². The van der Waals surface area contributed by atoms with Crippen molar-refractivity contribution >= 4 is 12.0 Å². The number of amides is 2. The van der Waals surface area contributed by atoms with E-state index in [2.05, 4.69) is 15.5 Å². The van der Waals surface area contributed by atoms with Crippen molar-refractivity contribution < 1.29 is 34.5 Å². The summed E-state index contributed by atoms with van der Waals surface area (Å²) < 4.78 is 5.33. The fourth-order valence-corrected chi connectivity index (χ4v) is 4.10. The molecule has 4 rings (SSSR count). The molecule has 190 valence electrons. The lowest BCUT2D eigenvalue weighted by molar-refractivity contribution is -0.139. The quantitative estimate of drug-likeness (QED) is 0.263. The second-order valence-electron chi connectivity index (χ2n) is 8.67. The first-order valence-corrected chi connectivity index (χ1v) is 11.3. The molecular formula is C24H27N5O7. The summed E-state index contributed by atoms with van der Waals surface area (Å²) in [4.78, 5) is 30.4. The van der Waals surface area contributed by atoms with Gasteiger partial charge in [0.25, 0.3) is 5.89 Å². The highest BCUT2D eigenvalue weighted by Crippen LogP contribution is 2.32.